The fourth-order valence-electron chi connectivity index (χ4n) is 2.24. The minimum absolute atomic E-state index is 0.250. The Morgan fingerprint density at radius 1 is 1.59 bits per heavy atom. The molecule has 0 aromatic carbocycles. The van der Waals surface area contributed by atoms with Crippen LogP contribution in [-0.4, -0.2) is 50.1 Å². The van der Waals surface area contributed by atoms with Gasteiger partial charge in [0.15, 0.2) is 0 Å². The third-order valence-electron chi connectivity index (χ3n) is 3.26. The van der Waals surface area contributed by atoms with Gasteiger partial charge in [0.1, 0.15) is 0 Å². The first kappa shape index (κ1) is 10.3. The van der Waals surface area contributed by atoms with Crippen LogP contribution in [0.4, 0.5) is 4.79 Å². The van der Waals surface area contributed by atoms with Gasteiger partial charge in [-0.15, -0.1) is 0 Å². The van der Waals surface area contributed by atoms with Crippen molar-refractivity contribution in [1.29, 1.82) is 0 Å². The number of rotatable bonds is 2. The SMILES string of the molecule is CCc1cnn(C2=CC3CN(C2)C(=O)N3O)c1. The number of fused-ring (bicyclic) bond motifs is 2. The number of carbonyl (C=O) groups excluding carboxylic acids is 1. The molecule has 90 valence electrons. The van der Waals surface area contributed by atoms with Crippen molar-refractivity contribution in [2.45, 2.75) is 19.4 Å². The van der Waals surface area contributed by atoms with Gasteiger partial charge < -0.3 is 4.90 Å². The number of nitrogens with zero attached hydrogens (tertiary/aromatic N) is 4. The molecular weight excluding hydrogens is 220 g/mol. The standard InChI is InChI=1S/C11H14N4O2/c1-2-8-4-12-14(5-8)9-3-10-7-13(6-9)11(16)15(10)17/h3-5,10,17H,2,6-7H2,1H3. The highest BCUT2D eigenvalue weighted by atomic mass is 16.5. The van der Waals surface area contributed by atoms with Gasteiger partial charge in [-0.05, 0) is 18.1 Å². The van der Waals surface area contributed by atoms with Gasteiger partial charge >= 0.3 is 6.03 Å². The Labute approximate surface area is 98.7 Å². The lowest BCUT2D eigenvalue weighted by atomic mass is 10.2. The van der Waals surface area contributed by atoms with Gasteiger partial charge in [0.2, 0.25) is 0 Å². The van der Waals surface area contributed by atoms with Crippen molar-refractivity contribution in [3.8, 4) is 0 Å². The Hall–Kier alpha value is -1.82. The molecule has 2 bridgehead atoms. The van der Waals surface area contributed by atoms with Crippen LogP contribution in [0.1, 0.15) is 12.5 Å². The molecule has 1 atom stereocenters. The summed E-state index contributed by atoms with van der Waals surface area (Å²) in [4.78, 5) is 13.2. The van der Waals surface area contributed by atoms with E-state index in [0.29, 0.717) is 13.1 Å². The summed E-state index contributed by atoms with van der Waals surface area (Å²) in [7, 11) is 0. The third kappa shape index (κ3) is 1.52. The summed E-state index contributed by atoms with van der Waals surface area (Å²) >= 11 is 0. The van der Waals surface area contributed by atoms with Crippen LogP contribution in [0.3, 0.4) is 0 Å². The van der Waals surface area contributed by atoms with Crippen LogP contribution < -0.4 is 0 Å². The number of aromatic nitrogens is 2. The lowest BCUT2D eigenvalue weighted by Crippen LogP contribution is -2.31. The first-order valence-electron chi connectivity index (χ1n) is 5.70. The smallest absolute Gasteiger partial charge is 0.314 e. The Kier molecular flexibility index (Phi) is 2.19. The molecule has 3 heterocycles. The fraction of sp³-hybridized carbons (Fsp3) is 0.455. The van der Waals surface area contributed by atoms with Crippen molar-refractivity contribution < 1.29 is 10.0 Å². The summed E-state index contributed by atoms with van der Waals surface area (Å²) in [6, 6.07) is -0.579. The van der Waals surface area contributed by atoms with Crippen molar-refractivity contribution in [2.24, 2.45) is 0 Å². The Morgan fingerprint density at radius 2 is 2.41 bits per heavy atom. The fourth-order valence-corrected chi connectivity index (χ4v) is 2.24. The molecule has 1 saturated heterocycles. The number of amides is 2. The lowest BCUT2D eigenvalue weighted by Gasteiger charge is -2.20. The Balaban J connectivity index is 1.91. The van der Waals surface area contributed by atoms with Crippen LogP contribution in [0.5, 0.6) is 0 Å². The number of hydroxylamine groups is 2. The maximum absolute atomic E-state index is 11.6. The molecule has 3 rings (SSSR count). The molecule has 1 aromatic rings. The van der Waals surface area contributed by atoms with Gasteiger partial charge in [-0.1, -0.05) is 6.92 Å². The van der Waals surface area contributed by atoms with Crippen molar-refractivity contribution >= 4 is 11.7 Å². The van der Waals surface area contributed by atoms with E-state index in [9.17, 15) is 10.0 Å². The average Bonchev–Trinajstić information content (AvgIpc) is 2.91. The summed E-state index contributed by atoms with van der Waals surface area (Å²) < 4.78 is 1.78. The van der Waals surface area contributed by atoms with Crippen LogP contribution in [-0.2, 0) is 6.42 Å². The lowest BCUT2D eigenvalue weighted by molar-refractivity contribution is -0.0450. The summed E-state index contributed by atoms with van der Waals surface area (Å²) in [5, 5.41) is 14.6. The first-order chi connectivity index (χ1) is 8.19. The average molecular weight is 234 g/mol. The van der Waals surface area contributed by atoms with Gasteiger partial charge in [0, 0.05) is 12.7 Å². The van der Waals surface area contributed by atoms with E-state index in [1.54, 1.807) is 9.58 Å². The van der Waals surface area contributed by atoms with Crippen LogP contribution in [0, 0.1) is 0 Å². The van der Waals surface area contributed by atoms with Gasteiger partial charge in [-0.25, -0.2) is 9.48 Å². The summed E-state index contributed by atoms with van der Waals surface area (Å²) in [6.07, 6.45) is 6.62. The highest BCUT2D eigenvalue weighted by Crippen LogP contribution is 2.24. The summed E-state index contributed by atoms with van der Waals surface area (Å²) in [5.41, 5.74) is 2.09. The molecule has 1 unspecified atom stereocenters. The van der Waals surface area contributed by atoms with E-state index in [4.69, 9.17) is 0 Å². The molecule has 2 amide bonds. The molecule has 2 aliphatic rings. The second kappa shape index (κ2) is 3.59. The molecule has 0 spiro atoms. The number of carbonyl (C=O) groups is 1. The molecule has 1 aromatic heterocycles. The van der Waals surface area contributed by atoms with E-state index in [1.807, 2.05) is 18.5 Å². The zero-order valence-electron chi connectivity index (χ0n) is 9.58. The highest BCUT2D eigenvalue weighted by Gasteiger charge is 2.39. The molecule has 2 aliphatic heterocycles. The predicted molar refractivity (Wildman–Crippen MR) is 60.3 cm³/mol. The third-order valence-corrected chi connectivity index (χ3v) is 3.26. The second-order valence-corrected chi connectivity index (χ2v) is 4.38. The number of hydrogen-bond donors (Lipinski definition) is 1. The quantitative estimate of drug-likeness (QED) is 0.770. The molecular formula is C11H14N4O2. The largest absolute Gasteiger partial charge is 0.344 e. The zero-order chi connectivity index (χ0) is 12.0. The Bertz CT molecular complexity index is 493. The van der Waals surface area contributed by atoms with Crippen LogP contribution in [0.2, 0.25) is 0 Å². The number of hydrogen-bond acceptors (Lipinski definition) is 3. The number of aryl methyl sites for hydroxylation is 1. The monoisotopic (exact) mass is 234 g/mol. The van der Waals surface area contributed by atoms with Crippen LogP contribution >= 0.6 is 0 Å². The summed E-state index contributed by atoms with van der Waals surface area (Å²) in [5.74, 6) is 0. The highest BCUT2D eigenvalue weighted by molar-refractivity contribution is 5.79. The topological polar surface area (TPSA) is 61.6 Å². The van der Waals surface area contributed by atoms with Crippen LogP contribution in [0.15, 0.2) is 18.5 Å². The maximum Gasteiger partial charge on any atom is 0.344 e. The minimum Gasteiger partial charge on any atom is -0.314 e. The first-order valence-corrected chi connectivity index (χ1v) is 5.70. The molecule has 0 radical (unpaired) electrons. The normalized spacial score (nSPS) is 23.3. The molecule has 17 heavy (non-hydrogen) atoms. The Morgan fingerprint density at radius 3 is 3.06 bits per heavy atom. The van der Waals surface area contributed by atoms with Gasteiger partial charge in [-0.2, -0.15) is 10.2 Å². The molecule has 1 N–H and O–H groups in total. The van der Waals surface area contributed by atoms with E-state index in [-0.39, 0.29) is 12.1 Å². The molecule has 0 aliphatic carbocycles. The van der Waals surface area contributed by atoms with E-state index in [0.717, 1.165) is 22.7 Å². The maximum atomic E-state index is 11.6. The molecule has 6 nitrogen and oxygen atoms in total. The van der Waals surface area contributed by atoms with Crippen molar-refractivity contribution in [1.82, 2.24) is 19.7 Å². The second-order valence-electron chi connectivity index (χ2n) is 4.38. The van der Waals surface area contributed by atoms with Crippen molar-refractivity contribution in [3.05, 3.63) is 24.0 Å². The van der Waals surface area contributed by atoms with E-state index < -0.39 is 0 Å². The van der Waals surface area contributed by atoms with Gasteiger partial charge in [-0.3, -0.25) is 5.21 Å². The number of urea groups is 1. The van der Waals surface area contributed by atoms with E-state index in [2.05, 4.69) is 12.0 Å². The van der Waals surface area contributed by atoms with E-state index in [1.165, 1.54) is 0 Å². The molecule has 0 saturated carbocycles. The molecule has 1 fully saturated rings. The van der Waals surface area contributed by atoms with Gasteiger partial charge in [0.25, 0.3) is 0 Å². The molecule has 6 heteroatoms. The zero-order valence-corrected chi connectivity index (χ0v) is 9.58. The minimum atomic E-state index is -0.330. The van der Waals surface area contributed by atoms with E-state index >= 15 is 0 Å². The van der Waals surface area contributed by atoms with Crippen molar-refractivity contribution in [3.63, 3.8) is 0 Å². The summed E-state index contributed by atoms with van der Waals surface area (Å²) in [6.45, 7) is 3.13. The van der Waals surface area contributed by atoms with Gasteiger partial charge in [0.05, 0.1) is 24.5 Å². The predicted octanol–water partition coefficient (Wildman–Crippen LogP) is 0.795. The van der Waals surface area contributed by atoms with Crippen molar-refractivity contribution in [2.75, 3.05) is 13.1 Å². The van der Waals surface area contributed by atoms with Crippen LogP contribution in [0.25, 0.3) is 5.70 Å².